The van der Waals surface area contributed by atoms with Crippen molar-refractivity contribution in [3.63, 3.8) is 0 Å². The van der Waals surface area contributed by atoms with Crippen LogP contribution in [0.25, 0.3) is 10.8 Å². The monoisotopic (exact) mass is 422 g/mol. The van der Waals surface area contributed by atoms with E-state index in [1.54, 1.807) is 0 Å². The van der Waals surface area contributed by atoms with Gasteiger partial charge in [-0.05, 0) is 42.0 Å². The van der Waals surface area contributed by atoms with Crippen molar-refractivity contribution < 1.29 is 23.0 Å². The molecule has 0 bridgehead atoms. The van der Waals surface area contributed by atoms with Gasteiger partial charge in [-0.1, -0.05) is 60.1 Å². The molecule has 0 heterocycles. The molecule has 0 aliphatic rings. The van der Waals surface area contributed by atoms with Crippen molar-refractivity contribution in [3.05, 3.63) is 77.8 Å². The van der Waals surface area contributed by atoms with Crippen molar-refractivity contribution in [2.75, 3.05) is 4.31 Å². The summed E-state index contributed by atoms with van der Waals surface area (Å²) < 4.78 is 32.1. The van der Waals surface area contributed by atoms with E-state index in [-0.39, 0.29) is 5.69 Å². The first-order chi connectivity index (χ1) is 13.2. The number of fused-ring (bicyclic) bond motifs is 1. The van der Waals surface area contributed by atoms with Crippen LogP contribution < -0.4 is 9.79 Å². The second-order valence-electron chi connectivity index (χ2n) is 5.75. The van der Waals surface area contributed by atoms with Crippen molar-refractivity contribution in [2.45, 2.75) is 13.0 Å². The van der Waals surface area contributed by atoms with Gasteiger partial charge in [0.25, 0.3) is 5.91 Å². The highest BCUT2D eigenvalue weighted by atomic mass is 35.5. The van der Waals surface area contributed by atoms with Gasteiger partial charge < -0.3 is 0 Å². The zero-order chi connectivity index (χ0) is 20.7. The molecule has 0 spiro atoms. The molecule has 0 saturated carbocycles. The van der Waals surface area contributed by atoms with E-state index in [1.807, 2.05) is 0 Å². The largest absolute Gasteiger partial charge is 0.360 e. The SMILES string of the molecule is CC(C(=O)NO)N(c1ccc(Cl)cc1)S(=O)(=O)O.c1ccc2ccccc2c1. The Bertz CT molecular complexity index is 976. The highest BCUT2D eigenvalue weighted by Crippen LogP contribution is 2.22. The Morgan fingerprint density at radius 1 is 0.964 bits per heavy atom. The lowest BCUT2D eigenvalue weighted by atomic mass is 10.1. The summed E-state index contributed by atoms with van der Waals surface area (Å²) in [6, 6.07) is 20.8. The molecule has 0 radical (unpaired) electrons. The summed E-state index contributed by atoms with van der Waals surface area (Å²) in [6.07, 6.45) is 0. The second-order valence-corrected chi connectivity index (χ2v) is 7.47. The fourth-order valence-electron chi connectivity index (χ4n) is 2.48. The van der Waals surface area contributed by atoms with Gasteiger partial charge in [0.2, 0.25) is 0 Å². The molecule has 1 atom stereocenters. The van der Waals surface area contributed by atoms with E-state index in [1.165, 1.54) is 47.4 Å². The van der Waals surface area contributed by atoms with Gasteiger partial charge in [0, 0.05) is 5.02 Å². The molecule has 9 heteroatoms. The van der Waals surface area contributed by atoms with Crippen LogP contribution in [0.5, 0.6) is 0 Å². The minimum Gasteiger partial charge on any atom is -0.289 e. The maximum atomic E-state index is 11.3. The van der Waals surface area contributed by atoms with E-state index < -0.39 is 22.3 Å². The smallest absolute Gasteiger partial charge is 0.289 e. The molecule has 0 aromatic heterocycles. The summed E-state index contributed by atoms with van der Waals surface area (Å²) >= 11 is 5.65. The van der Waals surface area contributed by atoms with E-state index in [9.17, 15) is 13.2 Å². The maximum Gasteiger partial charge on any atom is 0.360 e. The molecule has 7 nitrogen and oxygen atoms in total. The normalized spacial score (nSPS) is 11.9. The third-order valence-corrected chi connectivity index (χ3v) is 5.11. The third kappa shape index (κ3) is 5.67. The molecule has 3 aromatic rings. The minimum atomic E-state index is -4.67. The maximum absolute atomic E-state index is 11.3. The van der Waals surface area contributed by atoms with Crippen molar-refractivity contribution in [1.82, 2.24) is 5.48 Å². The summed E-state index contributed by atoms with van der Waals surface area (Å²) in [7, 11) is -4.67. The molecule has 148 valence electrons. The third-order valence-electron chi connectivity index (χ3n) is 3.83. The van der Waals surface area contributed by atoms with Crippen LogP contribution in [0.1, 0.15) is 6.92 Å². The Morgan fingerprint density at radius 3 is 1.75 bits per heavy atom. The standard InChI is InChI=1S/C10H8.C9H11ClN2O5S/c1-2-6-10-8-4-3-7-9(10)5-1;1-6(9(13)11-14)12(18(15,16)17)8-4-2-7(10)3-5-8/h1-8H;2-6,14H,1H3,(H,11,13)(H,15,16,17). The van der Waals surface area contributed by atoms with Gasteiger partial charge in [-0.3, -0.25) is 14.6 Å². The van der Waals surface area contributed by atoms with Gasteiger partial charge in [-0.25, -0.2) is 9.79 Å². The van der Waals surface area contributed by atoms with E-state index in [0.29, 0.717) is 9.33 Å². The van der Waals surface area contributed by atoms with E-state index in [0.717, 1.165) is 0 Å². The molecule has 3 N–H and O–H groups in total. The molecule has 0 aliphatic heterocycles. The number of hydrogen-bond acceptors (Lipinski definition) is 4. The van der Waals surface area contributed by atoms with Gasteiger partial charge in [0.05, 0.1) is 5.69 Å². The predicted molar refractivity (Wildman–Crippen MR) is 109 cm³/mol. The van der Waals surface area contributed by atoms with Gasteiger partial charge >= 0.3 is 10.3 Å². The average molecular weight is 423 g/mol. The second kappa shape index (κ2) is 9.52. The first-order valence-corrected chi connectivity index (χ1v) is 9.91. The molecule has 0 saturated heterocycles. The predicted octanol–water partition coefficient (Wildman–Crippen LogP) is 3.68. The number of halogens is 1. The topological polar surface area (TPSA) is 107 Å². The Balaban J connectivity index is 0.000000233. The Kier molecular flexibility index (Phi) is 7.36. The quantitative estimate of drug-likeness (QED) is 0.337. The molecule has 1 amide bonds. The van der Waals surface area contributed by atoms with Gasteiger partial charge in [-0.2, -0.15) is 8.42 Å². The first kappa shape index (κ1) is 21.6. The number of nitrogens with one attached hydrogen (secondary N) is 1. The highest BCUT2D eigenvalue weighted by Gasteiger charge is 2.30. The molecule has 0 fully saturated rings. The van der Waals surface area contributed by atoms with Crippen molar-refractivity contribution in [1.29, 1.82) is 0 Å². The van der Waals surface area contributed by atoms with Crippen molar-refractivity contribution >= 4 is 44.3 Å². The highest BCUT2D eigenvalue weighted by molar-refractivity contribution is 7.87. The fourth-order valence-corrected chi connectivity index (χ4v) is 3.49. The van der Waals surface area contributed by atoms with Gasteiger partial charge in [0.15, 0.2) is 0 Å². The Hall–Kier alpha value is -2.65. The zero-order valence-corrected chi connectivity index (χ0v) is 16.4. The fraction of sp³-hybridized carbons (Fsp3) is 0.105. The molecule has 1 unspecified atom stereocenters. The van der Waals surface area contributed by atoms with Crippen LogP contribution in [0.2, 0.25) is 5.02 Å². The van der Waals surface area contributed by atoms with Crippen LogP contribution in [-0.4, -0.2) is 30.1 Å². The minimum absolute atomic E-state index is 0.0398. The number of anilines is 1. The summed E-state index contributed by atoms with van der Waals surface area (Å²) in [4.78, 5) is 11.2. The van der Waals surface area contributed by atoms with Gasteiger partial charge in [-0.15, -0.1) is 0 Å². The molecular weight excluding hydrogens is 404 g/mol. The number of hydroxylamine groups is 1. The number of benzene rings is 3. The number of amides is 1. The number of carbonyl (C=O) groups is 1. The van der Waals surface area contributed by atoms with E-state index in [2.05, 4.69) is 48.5 Å². The Morgan fingerprint density at radius 2 is 1.39 bits per heavy atom. The zero-order valence-electron chi connectivity index (χ0n) is 14.9. The number of nitrogens with zero attached hydrogens (tertiary/aromatic N) is 1. The van der Waals surface area contributed by atoms with Crippen LogP contribution in [0.15, 0.2) is 72.8 Å². The van der Waals surface area contributed by atoms with Crippen LogP contribution >= 0.6 is 11.6 Å². The van der Waals surface area contributed by atoms with Gasteiger partial charge in [0.1, 0.15) is 6.04 Å². The molecule has 28 heavy (non-hydrogen) atoms. The lowest BCUT2D eigenvalue weighted by Gasteiger charge is -2.25. The molecule has 3 aromatic carbocycles. The van der Waals surface area contributed by atoms with Crippen LogP contribution in [-0.2, 0) is 15.1 Å². The molecule has 3 rings (SSSR count). The summed E-state index contributed by atoms with van der Waals surface area (Å²) in [6.45, 7) is 1.20. The number of hydrogen-bond donors (Lipinski definition) is 3. The number of carbonyl (C=O) groups excluding carboxylic acids is 1. The lowest BCUT2D eigenvalue weighted by molar-refractivity contribution is -0.130. The van der Waals surface area contributed by atoms with E-state index >= 15 is 0 Å². The van der Waals surface area contributed by atoms with Crippen LogP contribution in [0.3, 0.4) is 0 Å². The van der Waals surface area contributed by atoms with Crippen molar-refractivity contribution in [3.8, 4) is 0 Å². The summed E-state index contributed by atoms with van der Waals surface area (Å²) in [5.41, 5.74) is 1.36. The summed E-state index contributed by atoms with van der Waals surface area (Å²) in [5, 5.41) is 11.5. The van der Waals surface area contributed by atoms with Crippen molar-refractivity contribution in [2.24, 2.45) is 0 Å². The Labute approximate surface area is 168 Å². The van der Waals surface area contributed by atoms with Crippen LogP contribution in [0, 0.1) is 0 Å². The lowest BCUT2D eigenvalue weighted by Crippen LogP contribution is -2.47. The first-order valence-electron chi connectivity index (χ1n) is 8.14. The van der Waals surface area contributed by atoms with E-state index in [4.69, 9.17) is 21.4 Å². The molecular formula is C19H19ClN2O5S. The van der Waals surface area contributed by atoms with Crippen LogP contribution in [0.4, 0.5) is 5.69 Å². The summed E-state index contributed by atoms with van der Waals surface area (Å²) in [5.74, 6) is -0.984. The molecule has 0 aliphatic carbocycles. The average Bonchev–Trinajstić information content (AvgIpc) is 2.68. The number of rotatable bonds is 4.